The van der Waals surface area contributed by atoms with E-state index in [1.54, 1.807) is 12.1 Å². The predicted octanol–water partition coefficient (Wildman–Crippen LogP) is 1.16. The Hall–Kier alpha value is -1.51. The van der Waals surface area contributed by atoms with E-state index in [-0.39, 0.29) is 0 Å². The van der Waals surface area contributed by atoms with Crippen molar-refractivity contribution in [3.63, 3.8) is 0 Å². The summed E-state index contributed by atoms with van der Waals surface area (Å²) in [4.78, 5) is 0. The largest absolute Gasteiger partial charge is 0.398 e. The highest BCUT2D eigenvalue weighted by Crippen LogP contribution is 2.18. The molecule has 0 bridgehead atoms. The number of rotatable bonds is 1. The molecule has 0 spiro atoms. The Bertz CT molecular complexity index is 292. The SMILES string of the molecule is Cc1cc(N)c(C=N)cc1N. The number of hydrogen-bond acceptors (Lipinski definition) is 3. The molecule has 1 rings (SSSR count). The highest BCUT2D eigenvalue weighted by molar-refractivity contribution is 5.87. The van der Waals surface area contributed by atoms with Gasteiger partial charge in [-0.05, 0) is 24.6 Å². The van der Waals surface area contributed by atoms with Gasteiger partial charge in [0.15, 0.2) is 0 Å². The van der Waals surface area contributed by atoms with Crippen LogP contribution in [0.5, 0.6) is 0 Å². The zero-order valence-electron chi connectivity index (χ0n) is 6.39. The number of nitrogen functional groups attached to an aromatic ring is 2. The molecule has 0 saturated carbocycles. The lowest BCUT2D eigenvalue weighted by Gasteiger charge is -2.03. The maximum atomic E-state index is 6.99. The van der Waals surface area contributed by atoms with Crippen LogP contribution in [0.3, 0.4) is 0 Å². The molecule has 1 aromatic rings. The number of nitrogens with two attached hydrogens (primary N) is 2. The summed E-state index contributed by atoms with van der Waals surface area (Å²) in [5.74, 6) is 0. The normalized spacial score (nSPS) is 9.55. The van der Waals surface area contributed by atoms with Crippen LogP contribution in [0, 0.1) is 12.3 Å². The van der Waals surface area contributed by atoms with E-state index < -0.39 is 0 Å². The molecular weight excluding hydrogens is 138 g/mol. The summed E-state index contributed by atoms with van der Waals surface area (Å²) in [7, 11) is 0. The fraction of sp³-hybridized carbons (Fsp3) is 0.125. The molecule has 0 amide bonds. The van der Waals surface area contributed by atoms with Gasteiger partial charge in [0, 0.05) is 23.2 Å². The van der Waals surface area contributed by atoms with Crippen molar-refractivity contribution < 1.29 is 0 Å². The molecule has 0 saturated heterocycles. The highest BCUT2D eigenvalue weighted by Gasteiger charge is 1.98. The first-order valence-electron chi connectivity index (χ1n) is 3.31. The van der Waals surface area contributed by atoms with Crippen LogP contribution in [-0.4, -0.2) is 6.21 Å². The topological polar surface area (TPSA) is 75.9 Å². The van der Waals surface area contributed by atoms with Gasteiger partial charge < -0.3 is 16.9 Å². The second-order valence-electron chi connectivity index (χ2n) is 2.48. The highest BCUT2D eigenvalue weighted by atomic mass is 14.6. The molecule has 3 heteroatoms. The summed E-state index contributed by atoms with van der Waals surface area (Å²) in [5.41, 5.74) is 14.1. The van der Waals surface area contributed by atoms with Gasteiger partial charge in [0.05, 0.1) is 0 Å². The first kappa shape index (κ1) is 7.60. The molecule has 0 atom stereocenters. The van der Waals surface area contributed by atoms with Crippen LogP contribution >= 0.6 is 0 Å². The maximum Gasteiger partial charge on any atom is 0.0407 e. The van der Waals surface area contributed by atoms with Gasteiger partial charge in [-0.1, -0.05) is 0 Å². The molecule has 0 aromatic heterocycles. The minimum absolute atomic E-state index is 0.603. The van der Waals surface area contributed by atoms with Gasteiger partial charge in [-0.25, -0.2) is 0 Å². The molecule has 58 valence electrons. The van der Waals surface area contributed by atoms with Crippen molar-refractivity contribution in [2.24, 2.45) is 0 Å². The van der Waals surface area contributed by atoms with Crippen molar-refractivity contribution in [2.45, 2.75) is 6.92 Å². The molecule has 0 heterocycles. The third-order valence-corrected chi connectivity index (χ3v) is 1.63. The number of anilines is 2. The second-order valence-corrected chi connectivity index (χ2v) is 2.48. The quantitative estimate of drug-likeness (QED) is 0.414. The number of nitrogens with one attached hydrogen (secondary N) is 1. The Labute approximate surface area is 65.5 Å². The third-order valence-electron chi connectivity index (χ3n) is 1.63. The van der Waals surface area contributed by atoms with E-state index in [9.17, 15) is 0 Å². The summed E-state index contributed by atoms with van der Waals surface area (Å²) in [6, 6.07) is 3.48. The van der Waals surface area contributed by atoms with E-state index in [0.29, 0.717) is 16.9 Å². The van der Waals surface area contributed by atoms with Gasteiger partial charge >= 0.3 is 0 Å². The van der Waals surface area contributed by atoms with E-state index in [1.165, 1.54) is 6.21 Å². The summed E-state index contributed by atoms with van der Waals surface area (Å²) in [5, 5.41) is 6.99. The molecule has 0 aliphatic rings. The van der Waals surface area contributed by atoms with Crippen LogP contribution in [0.4, 0.5) is 11.4 Å². The van der Waals surface area contributed by atoms with Gasteiger partial charge in [-0.2, -0.15) is 0 Å². The van der Waals surface area contributed by atoms with Gasteiger partial charge in [-0.15, -0.1) is 0 Å². The molecule has 1 aromatic carbocycles. The van der Waals surface area contributed by atoms with Crippen molar-refractivity contribution >= 4 is 17.6 Å². The Morgan fingerprint density at radius 1 is 1.27 bits per heavy atom. The molecule has 0 aliphatic heterocycles. The summed E-state index contributed by atoms with van der Waals surface area (Å²) in [6.07, 6.45) is 1.20. The number of aryl methyl sites for hydroxylation is 1. The molecule has 3 nitrogen and oxygen atoms in total. The second kappa shape index (κ2) is 2.62. The fourth-order valence-electron chi connectivity index (χ4n) is 0.890. The van der Waals surface area contributed by atoms with E-state index >= 15 is 0 Å². The third kappa shape index (κ3) is 1.32. The Balaban J connectivity index is 3.31. The summed E-state index contributed by atoms with van der Waals surface area (Å²) < 4.78 is 0. The average molecular weight is 149 g/mol. The Morgan fingerprint density at radius 3 is 2.45 bits per heavy atom. The van der Waals surface area contributed by atoms with Crippen LogP contribution < -0.4 is 11.5 Å². The molecule has 0 aliphatic carbocycles. The Morgan fingerprint density at radius 2 is 1.91 bits per heavy atom. The van der Waals surface area contributed by atoms with Crippen molar-refractivity contribution in [1.82, 2.24) is 0 Å². The standard InChI is InChI=1S/C8H11N3/c1-5-2-8(11)6(4-9)3-7(5)10/h2-4,9H,10-11H2,1H3. The van der Waals surface area contributed by atoms with E-state index in [0.717, 1.165) is 5.56 Å². The maximum absolute atomic E-state index is 6.99. The Kier molecular flexibility index (Phi) is 1.81. The molecule has 0 radical (unpaired) electrons. The van der Waals surface area contributed by atoms with Crippen molar-refractivity contribution in [3.8, 4) is 0 Å². The fourth-order valence-corrected chi connectivity index (χ4v) is 0.890. The van der Waals surface area contributed by atoms with Crippen LogP contribution in [0.15, 0.2) is 12.1 Å². The first-order chi connectivity index (χ1) is 5.15. The van der Waals surface area contributed by atoms with E-state index in [4.69, 9.17) is 16.9 Å². The van der Waals surface area contributed by atoms with E-state index in [1.807, 2.05) is 6.92 Å². The molecule has 0 unspecified atom stereocenters. The first-order valence-corrected chi connectivity index (χ1v) is 3.31. The van der Waals surface area contributed by atoms with Crippen LogP contribution in [0.1, 0.15) is 11.1 Å². The number of benzene rings is 1. The minimum Gasteiger partial charge on any atom is -0.398 e. The van der Waals surface area contributed by atoms with Crippen LogP contribution in [0.2, 0.25) is 0 Å². The van der Waals surface area contributed by atoms with E-state index in [2.05, 4.69) is 0 Å². The number of hydrogen-bond donors (Lipinski definition) is 3. The van der Waals surface area contributed by atoms with Crippen LogP contribution in [-0.2, 0) is 0 Å². The van der Waals surface area contributed by atoms with Crippen molar-refractivity contribution in [2.75, 3.05) is 11.5 Å². The van der Waals surface area contributed by atoms with Gasteiger partial charge in [-0.3, -0.25) is 0 Å². The minimum atomic E-state index is 0.603. The smallest absolute Gasteiger partial charge is 0.0407 e. The summed E-state index contributed by atoms with van der Waals surface area (Å²) >= 11 is 0. The predicted molar refractivity (Wildman–Crippen MR) is 47.9 cm³/mol. The van der Waals surface area contributed by atoms with Gasteiger partial charge in [0.1, 0.15) is 0 Å². The van der Waals surface area contributed by atoms with Gasteiger partial charge in [0.2, 0.25) is 0 Å². The average Bonchev–Trinajstić information content (AvgIpc) is 1.97. The zero-order valence-corrected chi connectivity index (χ0v) is 6.39. The lowest BCUT2D eigenvalue weighted by atomic mass is 10.1. The zero-order chi connectivity index (χ0) is 8.43. The molecule has 0 fully saturated rings. The van der Waals surface area contributed by atoms with Crippen molar-refractivity contribution in [1.29, 1.82) is 5.41 Å². The van der Waals surface area contributed by atoms with Gasteiger partial charge in [0.25, 0.3) is 0 Å². The summed E-state index contributed by atoms with van der Waals surface area (Å²) in [6.45, 7) is 1.89. The lowest BCUT2D eigenvalue weighted by molar-refractivity contribution is 1.45. The lowest BCUT2D eigenvalue weighted by Crippen LogP contribution is -1.97. The van der Waals surface area contributed by atoms with Crippen LogP contribution in [0.25, 0.3) is 0 Å². The molecule has 11 heavy (non-hydrogen) atoms. The molecule has 5 N–H and O–H groups in total. The monoisotopic (exact) mass is 149 g/mol. The molecular formula is C8H11N3. The van der Waals surface area contributed by atoms with Crippen molar-refractivity contribution in [3.05, 3.63) is 23.3 Å².